The maximum atomic E-state index is 12.5. The van der Waals surface area contributed by atoms with Crippen molar-refractivity contribution in [1.29, 1.82) is 0 Å². The van der Waals surface area contributed by atoms with Crippen LogP contribution in [0.1, 0.15) is 5.56 Å². The lowest BCUT2D eigenvalue weighted by Gasteiger charge is -2.27. The highest BCUT2D eigenvalue weighted by Gasteiger charge is 2.22. The van der Waals surface area contributed by atoms with Gasteiger partial charge in [0.25, 0.3) is 0 Å². The Kier molecular flexibility index (Phi) is 5.40. The van der Waals surface area contributed by atoms with Crippen molar-refractivity contribution in [3.8, 4) is 5.75 Å². The van der Waals surface area contributed by atoms with Gasteiger partial charge in [-0.15, -0.1) is 0 Å². The van der Waals surface area contributed by atoms with E-state index in [1.165, 1.54) is 12.1 Å². The lowest BCUT2D eigenvalue weighted by atomic mass is 10.2. The molecule has 1 heterocycles. The maximum absolute atomic E-state index is 12.5. The Morgan fingerprint density at radius 3 is 2.46 bits per heavy atom. The van der Waals surface area contributed by atoms with Crippen LogP contribution in [0.15, 0.2) is 53.4 Å². The summed E-state index contributed by atoms with van der Waals surface area (Å²) in [5.41, 5.74) is 0.740. The normalized spacial score (nSPS) is 16.0. The Hall–Kier alpha value is -1.60. The quantitative estimate of drug-likeness (QED) is 0.760. The first-order valence-electron chi connectivity index (χ1n) is 7.63. The first kappa shape index (κ1) is 17.2. The SMILES string of the molecule is O=S(=O)(Oc1c(Cl)cccc1CN1CCOCC1)c1ccccc1. The van der Waals surface area contributed by atoms with Crippen LogP contribution < -0.4 is 4.18 Å². The van der Waals surface area contributed by atoms with Crippen molar-refractivity contribution >= 4 is 21.7 Å². The van der Waals surface area contributed by atoms with E-state index in [1.807, 2.05) is 6.07 Å². The zero-order valence-electron chi connectivity index (χ0n) is 13.0. The van der Waals surface area contributed by atoms with Gasteiger partial charge in [-0.2, -0.15) is 8.42 Å². The molecule has 2 aromatic rings. The molecule has 0 aliphatic carbocycles. The highest BCUT2D eigenvalue weighted by atomic mass is 35.5. The minimum Gasteiger partial charge on any atom is -0.379 e. The number of ether oxygens (including phenoxy) is 1. The number of para-hydroxylation sites is 1. The van der Waals surface area contributed by atoms with Gasteiger partial charge < -0.3 is 8.92 Å². The molecule has 128 valence electrons. The standard InChI is InChI=1S/C17H18ClNO4S/c18-16-8-4-5-14(13-19-9-11-22-12-10-19)17(16)23-24(20,21)15-6-2-1-3-7-15/h1-8H,9-13H2. The van der Waals surface area contributed by atoms with Crippen molar-refractivity contribution < 1.29 is 17.3 Å². The largest absolute Gasteiger partial charge is 0.379 e. The van der Waals surface area contributed by atoms with Gasteiger partial charge in [0.05, 0.1) is 18.2 Å². The highest BCUT2D eigenvalue weighted by molar-refractivity contribution is 7.87. The van der Waals surface area contributed by atoms with Gasteiger partial charge in [-0.25, -0.2) is 0 Å². The summed E-state index contributed by atoms with van der Waals surface area (Å²) in [6.45, 7) is 3.47. The lowest BCUT2D eigenvalue weighted by Crippen LogP contribution is -2.35. The summed E-state index contributed by atoms with van der Waals surface area (Å²) in [4.78, 5) is 2.28. The van der Waals surface area contributed by atoms with Crippen molar-refractivity contribution in [2.45, 2.75) is 11.4 Å². The van der Waals surface area contributed by atoms with E-state index in [4.69, 9.17) is 20.5 Å². The summed E-state index contributed by atoms with van der Waals surface area (Å²) in [6, 6.07) is 13.3. The topological polar surface area (TPSA) is 55.8 Å². The summed E-state index contributed by atoms with van der Waals surface area (Å²) < 4.78 is 35.7. The second-order valence-corrected chi connectivity index (χ2v) is 7.42. The average molecular weight is 368 g/mol. The van der Waals surface area contributed by atoms with Crippen LogP contribution in [-0.4, -0.2) is 39.6 Å². The molecule has 0 aromatic heterocycles. The molecule has 1 saturated heterocycles. The molecule has 0 atom stereocenters. The number of morpholine rings is 1. The van der Waals surface area contributed by atoms with E-state index >= 15 is 0 Å². The van der Waals surface area contributed by atoms with Crippen LogP contribution in [0.5, 0.6) is 5.75 Å². The molecule has 3 rings (SSSR count). The van der Waals surface area contributed by atoms with Crippen molar-refractivity contribution in [3.63, 3.8) is 0 Å². The molecular formula is C17H18ClNO4S. The predicted molar refractivity (Wildman–Crippen MR) is 91.8 cm³/mol. The zero-order chi connectivity index (χ0) is 17.0. The van der Waals surface area contributed by atoms with Gasteiger partial charge in [0.2, 0.25) is 0 Å². The van der Waals surface area contributed by atoms with Crippen molar-refractivity contribution in [2.75, 3.05) is 26.3 Å². The molecule has 24 heavy (non-hydrogen) atoms. The third kappa shape index (κ3) is 4.08. The summed E-state index contributed by atoms with van der Waals surface area (Å²) in [6.07, 6.45) is 0. The second-order valence-electron chi connectivity index (χ2n) is 5.47. The Morgan fingerprint density at radius 1 is 1.04 bits per heavy atom. The molecule has 0 unspecified atom stereocenters. The van der Waals surface area contributed by atoms with Gasteiger partial charge in [0, 0.05) is 25.2 Å². The minimum atomic E-state index is -3.93. The van der Waals surface area contributed by atoms with E-state index in [9.17, 15) is 8.42 Å². The Labute approximate surface area is 146 Å². The van der Waals surface area contributed by atoms with Crippen LogP contribution in [0.3, 0.4) is 0 Å². The van der Waals surface area contributed by atoms with E-state index in [-0.39, 0.29) is 15.7 Å². The Morgan fingerprint density at radius 2 is 1.75 bits per heavy atom. The smallest absolute Gasteiger partial charge is 0.339 e. The van der Waals surface area contributed by atoms with Crippen molar-refractivity contribution in [3.05, 3.63) is 59.1 Å². The molecule has 0 N–H and O–H groups in total. The highest BCUT2D eigenvalue weighted by Crippen LogP contribution is 2.32. The molecule has 0 radical (unpaired) electrons. The van der Waals surface area contributed by atoms with Crippen molar-refractivity contribution in [2.24, 2.45) is 0 Å². The zero-order valence-corrected chi connectivity index (χ0v) is 14.6. The Balaban J connectivity index is 1.87. The third-order valence-corrected chi connectivity index (χ3v) is 5.30. The average Bonchev–Trinajstić information content (AvgIpc) is 2.60. The van der Waals surface area contributed by atoms with Gasteiger partial charge in [-0.1, -0.05) is 41.9 Å². The third-order valence-electron chi connectivity index (χ3n) is 3.77. The molecule has 0 amide bonds. The summed E-state index contributed by atoms with van der Waals surface area (Å²) in [5, 5.41) is 0.278. The molecule has 5 nitrogen and oxygen atoms in total. The van der Waals surface area contributed by atoms with E-state index < -0.39 is 10.1 Å². The molecule has 0 spiro atoms. The number of halogens is 1. The number of hydrogen-bond donors (Lipinski definition) is 0. The lowest BCUT2D eigenvalue weighted by molar-refractivity contribution is 0.0340. The van der Waals surface area contributed by atoms with Crippen LogP contribution in [0.25, 0.3) is 0 Å². The van der Waals surface area contributed by atoms with Gasteiger partial charge in [0.1, 0.15) is 4.90 Å². The molecule has 2 aromatic carbocycles. The van der Waals surface area contributed by atoms with E-state index in [1.54, 1.807) is 30.3 Å². The van der Waals surface area contributed by atoms with Crippen LogP contribution in [0.4, 0.5) is 0 Å². The fourth-order valence-corrected chi connectivity index (χ4v) is 3.80. The van der Waals surface area contributed by atoms with Crippen LogP contribution >= 0.6 is 11.6 Å². The molecule has 1 aliphatic heterocycles. The fourth-order valence-electron chi connectivity index (χ4n) is 2.52. The van der Waals surface area contributed by atoms with Gasteiger partial charge >= 0.3 is 10.1 Å². The second kappa shape index (κ2) is 7.53. The first-order chi connectivity index (χ1) is 11.6. The van der Waals surface area contributed by atoms with Gasteiger partial charge in [0.15, 0.2) is 5.75 Å². The number of benzene rings is 2. The fraction of sp³-hybridized carbons (Fsp3) is 0.294. The van der Waals surface area contributed by atoms with Gasteiger partial charge in [-0.3, -0.25) is 4.90 Å². The first-order valence-corrected chi connectivity index (χ1v) is 9.42. The van der Waals surface area contributed by atoms with Crippen LogP contribution in [0.2, 0.25) is 5.02 Å². The molecule has 0 bridgehead atoms. The molecule has 0 saturated carbocycles. The summed E-state index contributed by atoms with van der Waals surface area (Å²) >= 11 is 6.21. The predicted octanol–water partition coefficient (Wildman–Crippen LogP) is 2.94. The van der Waals surface area contributed by atoms with Crippen LogP contribution in [0, 0.1) is 0 Å². The van der Waals surface area contributed by atoms with E-state index in [0.29, 0.717) is 19.8 Å². The molecule has 1 aliphatic rings. The number of nitrogens with zero attached hydrogens (tertiary/aromatic N) is 1. The summed E-state index contributed by atoms with van der Waals surface area (Å²) in [5.74, 6) is 0.189. The Bertz CT molecular complexity index is 789. The molecular weight excluding hydrogens is 350 g/mol. The minimum absolute atomic E-state index is 0.0993. The number of rotatable bonds is 5. The molecule has 1 fully saturated rings. The number of hydrogen-bond acceptors (Lipinski definition) is 5. The molecule has 7 heteroatoms. The van der Waals surface area contributed by atoms with Gasteiger partial charge in [-0.05, 0) is 18.2 Å². The monoisotopic (exact) mass is 367 g/mol. The maximum Gasteiger partial charge on any atom is 0.339 e. The summed E-state index contributed by atoms with van der Waals surface area (Å²) in [7, 11) is -3.93. The van der Waals surface area contributed by atoms with E-state index in [0.717, 1.165) is 18.7 Å². The van der Waals surface area contributed by atoms with Crippen molar-refractivity contribution in [1.82, 2.24) is 4.90 Å². The van der Waals surface area contributed by atoms with Crippen LogP contribution in [-0.2, 0) is 21.4 Å². The van der Waals surface area contributed by atoms with E-state index in [2.05, 4.69) is 4.90 Å².